The van der Waals surface area contributed by atoms with E-state index in [-0.39, 0.29) is 5.69 Å². The monoisotopic (exact) mass is 399 g/mol. The molecule has 0 aliphatic rings. The number of carboxylic acid groups (broad SMARTS) is 1. The second kappa shape index (κ2) is 5.53. The summed E-state index contributed by atoms with van der Waals surface area (Å²) in [5.41, 5.74) is 2.24. The van der Waals surface area contributed by atoms with Gasteiger partial charge in [0.1, 0.15) is 0 Å². The van der Waals surface area contributed by atoms with E-state index in [2.05, 4.69) is 26.0 Å². The van der Waals surface area contributed by atoms with Crippen molar-refractivity contribution in [3.05, 3.63) is 50.2 Å². The van der Waals surface area contributed by atoms with Crippen molar-refractivity contribution in [1.29, 1.82) is 0 Å². The van der Waals surface area contributed by atoms with Gasteiger partial charge in [0.05, 0.1) is 25.9 Å². The number of aromatic nitrogens is 3. The number of nitrogens with zero attached hydrogens (tertiary/aromatic N) is 3. The summed E-state index contributed by atoms with van der Waals surface area (Å²) in [6.45, 7) is 1.77. The lowest BCUT2D eigenvalue weighted by Gasteiger charge is -2.06. The van der Waals surface area contributed by atoms with Crippen LogP contribution < -0.4 is 0 Å². The third kappa shape index (κ3) is 2.47. The summed E-state index contributed by atoms with van der Waals surface area (Å²) >= 11 is 15.3. The summed E-state index contributed by atoms with van der Waals surface area (Å²) in [7, 11) is 0. The van der Waals surface area contributed by atoms with Gasteiger partial charge in [-0.3, -0.25) is 0 Å². The average Bonchev–Trinajstić information content (AvgIpc) is 2.76. The molecule has 3 rings (SSSR count). The van der Waals surface area contributed by atoms with Crippen LogP contribution in [-0.2, 0) is 0 Å². The summed E-state index contributed by atoms with van der Waals surface area (Å²) in [5, 5.41) is 14.4. The first-order valence-electron chi connectivity index (χ1n) is 6.13. The molecule has 0 saturated carbocycles. The van der Waals surface area contributed by atoms with Gasteiger partial charge in [-0.1, -0.05) is 29.3 Å². The van der Waals surface area contributed by atoms with Crippen molar-refractivity contribution in [3.8, 4) is 11.3 Å². The molecule has 0 spiro atoms. The molecule has 0 radical (unpaired) electrons. The topological polar surface area (TPSA) is 67.5 Å². The summed E-state index contributed by atoms with van der Waals surface area (Å²) in [6, 6.07) is 6.47. The van der Waals surface area contributed by atoms with E-state index in [1.165, 1.54) is 10.6 Å². The summed E-state index contributed by atoms with van der Waals surface area (Å²) in [5.74, 6) is -1.09. The molecule has 0 atom stereocenters. The van der Waals surface area contributed by atoms with E-state index in [4.69, 9.17) is 23.2 Å². The molecule has 0 aliphatic carbocycles. The van der Waals surface area contributed by atoms with E-state index in [1.807, 2.05) is 0 Å². The van der Waals surface area contributed by atoms with Crippen molar-refractivity contribution < 1.29 is 9.90 Å². The van der Waals surface area contributed by atoms with E-state index in [9.17, 15) is 9.90 Å². The van der Waals surface area contributed by atoms with Gasteiger partial charge < -0.3 is 5.11 Å². The molecule has 22 heavy (non-hydrogen) atoms. The molecule has 1 N–H and O–H groups in total. The van der Waals surface area contributed by atoms with Crippen molar-refractivity contribution in [3.63, 3.8) is 0 Å². The molecule has 1 aromatic carbocycles. The second-order valence-electron chi connectivity index (χ2n) is 4.60. The number of carbonyl (C=O) groups is 1. The Morgan fingerprint density at radius 3 is 2.64 bits per heavy atom. The van der Waals surface area contributed by atoms with Crippen molar-refractivity contribution in [2.75, 3.05) is 0 Å². The smallest absolute Gasteiger partial charge is 0.354 e. The highest BCUT2D eigenvalue weighted by Crippen LogP contribution is 2.30. The molecular formula is C14H8BrCl2N3O2. The zero-order valence-electron chi connectivity index (χ0n) is 11.1. The molecule has 0 saturated heterocycles. The van der Waals surface area contributed by atoms with E-state index in [0.29, 0.717) is 37.1 Å². The van der Waals surface area contributed by atoms with Gasteiger partial charge >= 0.3 is 5.97 Å². The molecule has 2 aromatic heterocycles. The van der Waals surface area contributed by atoms with Crippen LogP contribution in [0, 0.1) is 6.92 Å². The number of aryl methyl sites for hydroxylation is 1. The van der Waals surface area contributed by atoms with Crippen LogP contribution in [0.2, 0.25) is 10.0 Å². The van der Waals surface area contributed by atoms with Crippen LogP contribution in [-0.4, -0.2) is 25.7 Å². The number of hydrogen-bond donors (Lipinski definition) is 1. The van der Waals surface area contributed by atoms with E-state index < -0.39 is 5.97 Å². The van der Waals surface area contributed by atoms with Gasteiger partial charge in [0.15, 0.2) is 11.3 Å². The average molecular weight is 401 g/mol. The molecule has 8 heteroatoms. The first kappa shape index (κ1) is 15.3. The van der Waals surface area contributed by atoms with Gasteiger partial charge in [0.25, 0.3) is 0 Å². The fourth-order valence-corrected chi connectivity index (χ4v) is 2.69. The fourth-order valence-electron chi connectivity index (χ4n) is 2.05. The molecule has 0 unspecified atom stereocenters. The van der Waals surface area contributed by atoms with E-state index >= 15 is 0 Å². The zero-order valence-corrected chi connectivity index (χ0v) is 14.2. The Kier molecular flexibility index (Phi) is 3.84. The Morgan fingerprint density at radius 1 is 1.27 bits per heavy atom. The maximum atomic E-state index is 11.5. The highest BCUT2D eigenvalue weighted by atomic mass is 79.9. The quantitative estimate of drug-likeness (QED) is 0.688. The lowest BCUT2D eigenvalue weighted by Crippen LogP contribution is -2.08. The molecule has 3 aromatic rings. The highest BCUT2D eigenvalue weighted by molar-refractivity contribution is 9.10. The Morgan fingerprint density at radius 2 is 2.00 bits per heavy atom. The molecule has 0 aliphatic heterocycles. The van der Waals surface area contributed by atoms with Crippen LogP contribution in [0.15, 0.2) is 28.7 Å². The standard InChI is InChI=1S/C14H8BrCl2N3O2/c1-6-12(15)13-18-10(5-11(14(21)22)20(13)19-6)7-2-3-8(16)9(17)4-7/h2-5H,1H3,(H,21,22). The van der Waals surface area contributed by atoms with Crippen molar-refractivity contribution >= 4 is 50.7 Å². The second-order valence-corrected chi connectivity index (χ2v) is 6.20. The van der Waals surface area contributed by atoms with E-state index in [0.717, 1.165) is 0 Å². The number of benzene rings is 1. The highest BCUT2D eigenvalue weighted by Gasteiger charge is 2.18. The zero-order chi connectivity index (χ0) is 16.0. The number of aromatic carboxylic acids is 1. The third-order valence-corrected chi connectivity index (χ3v) is 4.79. The van der Waals surface area contributed by atoms with Crippen LogP contribution >= 0.6 is 39.1 Å². The van der Waals surface area contributed by atoms with Gasteiger partial charge in [0, 0.05) is 5.56 Å². The summed E-state index contributed by atoms with van der Waals surface area (Å²) < 4.78 is 1.94. The minimum Gasteiger partial charge on any atom is -0.477 e. The largest absolute Gasteiger partial charge is 0.477 e. The van der Waals surface area contributed by atoms with Gasteiger partial charge in [0.2, 0.25) is 0 Å². The van der Waals surface area contributed by atoms with Crippen LogP contribution in [0.4, 0.5) is 0 Å². The molecule has 5 nitrogen and oxygen atoms in total. The van der Waals surface area contributed by atoms with Gasteiger partial charge in [-0.05, 0) is 41.1 Å². The Hall–Kier alpha value is -1.63. The summed E-state index contributed by atoms with van der Waals surface area (Å²) in [6.07, 6.45) is 0. The SMILES string of the molecule is Cc1nn2c(C(=O)O)cc(-c3ccc(Cl)c(Cl)c3)nc2c1Br. The van der Waals surface area contributed by atoms with Crippen molar-refractivity contribution in [2.24, 2.45) is 0 Å². The number of rotatable bonds is 2. The van der Waals surface area contributed by atoms with Crippen LogP contribution in [0.25, 0.3) is 16.9 Å². The first-order valence-corrected chi connectivity index (χ1v) is 7.68. The van der Waals surface area contributed by atoms with Gasteiger partial charge in [-0.2, -0.15) is 5.10 Å². The number of fused-ring (bicyclic) bond motifs is 1. The fraction of sp³-hybridized carbons (Fsp3) is 0.0714. The predicted octanol–water partition coefficient (Wildman–Crippen LogP) is 4.47. The molecule has 112 valence electrons. The van der Waals surface area contributed by atoms with Crippen LogP contribution in [0.1, 0.15) is 16.2 Å². The molecule has 0 fully saturated rings. The number of hydrogen-bond acceptors (Lipinski definition) is 3. The molecule has 0 bridgehead atoms. The Balaban J connectivity index is 2.32. The first-order chi connectivity index (χ1) is 10.4. The third-order valence-electron chi connectivity index (χ3n) is 3.13. The van der Waals surface area contributed by atoms with E-state index in [1.54, 1.807) is 25.1 Å². The van der Waals surface area contributed by atoms with Crippen LogP contribution in [0.5, 0.6) is 0 Å². The maximum Gasteiger partial charge on any atom is 0.354 e. The minimum atomic E-state index is -1.09. The number of carboxylic acids is 1. The molecular weight excluding hydrogens is 393 g/mol. The van der Waals surface area contributed by atoms with Crippen molar-refractivity contribution in [2.45, 2.75) is 6.92 Å². The summed E-state index contributed by atoms with van der Waals surface area (Å²) in [4.78, 5) is 16.0. The van der Waals surface area contributed by atoms with Crippen LogP contribution in [0.3, 0.4) is 0 Å². The Labute approximate surface area is 143 Å². The predicted molar refractivity (Wildman–Crippen MR) is 87.8 cm³/mol. The van der Waals surface area contributed by atoms with Crippen molar-refractivity contribution in [1.82, 2.24) is 14.6 Å². The molecule has 0 amide bonds. The number of halogens is 3. The maximum absolute atomic E-state index is 11.5. The normalized spacial score (nSPS) is 11.1. The Bertz CT molecular complexity index is 924. The minimum absolute atomic E-state index is 0.0138. The lowest BCUT2D eigenvalue weighted by molar-refractivity contribution is 0.0687. The molecule has 2 heterocycles. The van der Waals surface area contributed by atoms with Gasteiger partial charge in [-0.15, -0.1) is 0 Å². The lowest BCUT2D eigenvalue weighted by atomic mass is 10.1. The van der Waals surface area contributed by atoms with Gasteiger partial charge in [-0.25, -0.2) is 14.3 Å².